The van der Waals surface area contributed by atoms with Crippen molar-refractivity contribution in [3.05, 3.63) is 35.9 Å². The first-order chi connectivity index (χ1) is 9.38. The van der Waals surface area contributed by atoms with Crippen molar-refractivity contribution < 1.29 is 4.74 Å². The molecule has 0 amide bonds. The highest BCUT2D eigenvalue weighted by Gasteiger charge is 2.09. The van der Waals surface area contributed by atoms with E-state index in [-0.39, 0.29) is 0 Å². The molecular formula is C17H29NO. The second-order valence-corrected chi connectivity index (χ2v) is 5.11. The Morgan fingerprint density at radius 2 is 1.79 bits per heavy atom. The van der Waals surface area contributed by atoms with Gasteiger partial charge >= 0.3 is 0 Å². The Morgan fingerprint density at radius 3 is 2.47 bits per heavy atom. The molecule has 1 rings (SSSR count). The van der Waals surface area contributed by atoms with E-state index in [0.717, 1.165) is 13.2 Å². The van der Waals surface area contributed by atoms with Crippen LogP contribution in [0.1, 0.15) is 57.1 Å². The summed E-state index contributed by atoms with van der Waals surface area (Å²) >= 11 is 0. The Kier molecular flexibility index (Phi) is 9.38. The Hall–Kier alpha value is -0.860. The summed E-state index contributed by atoms with van der Waals surface area (Å²) in [4.78, 5) is 0. The highest BCUT2D eigenvalue weighted by Crippen LogP contribution is 2.20. The molecule has 1 aromatic rings. The van der Waals surface area contributed by atoms with Crippen molar-refractivity contribution in [1.29, 1.82) is 0 Å². The first-order valence-electron chi connectivity index (χ1n) is 7.65. The van der Waals surface area contributed by atoms with Crippen LogP contribution in [-0.2, 0) is 4.74 Å². The zero-order valence-corrected chi connectivity index (χ0v) is 12.5. The molecular weight excluding hydrogens is 234 g/mol. The molecule has 0 aliphatic heterocycles. The summed E-state index contributed by atoms with van der Waals surface area (Å²) in [5.74, 6) is 0. The predicted molar refractivity (Wildman–Crippen MR) is 82.4 cm³/mol. The molecule has 19 heavy (non-hydrogen) atoms. The lowest BCUT2D eigenvalue weighted by Crippen LogP contribution is -2.22. The van der Waals surface area contributed by atoms with Gasteiger partial charge in [0.15, 0.2) is 0 Å². The fourth-order valence-electron chi connectivity index (χ4n) is 2.34. The minimum Gasteiger partial charge on any atom is -0.385 e. The van der Waals surface area contributed by atoms with E-state index in [4.69, 9.17) is 4.74 Å². The normalized spacial score (nSPS) is 12.5. The molecule has 0 aliphatic carbocycles. The lowest BCUT2D eigenvalue weighted by atomic mass is 10.00. The molecule has 0 heterocycles. The number of rotatable bonds is 11. The van der Waals surface area contributed by atoms with Gasteiger partial charge in [-0.15, -0.1) is 0 Å². The molecule has 1 unspecified atom stereocenters. The Morgan fingerprint density at radius 1 is 1.05 bits per heavy atom. The molecule has 0 bridgehead atoms. The van der Waals surface area contributed by atoms with Crippen molar-refractivity contribution >= 4 is 0 Å². The maximum absolute atomic E-state index is 5.08. The van der Waals surface area contributed by atoms with E-state index in [0.29, 0.717) is 6.04 Å². The summed E-state index contributed by atoms with van der Waals surface area (Å²) in [6, 6.07) is 11.3. The van der Waals surface area contributed by atoms with Crippen molar-refractivity contribution in [2.75, 3.05) is 20.3 Å². The van der Waals surface area contributed by atoms with Gasteiger partial charge in [0.25, 0.3) is 0 Å². The molecule has 2 heteroatoms. The van der Waals surface area contributed by atoms with Gasteiger partial charge in [0.05, 0.1) is 0 Å². The standard InChI is InChI=1S/C17H29NO/c1-3-14-18-17(16-11-7-6-8-12-16)13-9-4-5-10-15-19-2/h6-8,11-12,17-18H,3-5,9-10,13-15H2,1-2H3. The molecule has 108 valence electrons. The summed E-state index contributed by atoms with van der Waals surface area (Å²) in [5.41, 5.74) is 1.42. The molecule has 0 aliphatic rings. The van der Waals surface area contributed by atoms with Gasteiger partial charge in [0, 0.05) is 19.8 Å². The van der Waals surface area contributed by atoms with Crippen molar-refractivity contribution in [3.63, 3.8) is 0 Å². The summed E-state index contributed by atoms with van der Waals surface area (Å²) in [6.07, 6.45) is 7.49. The Labute approximate surface area is 118 Å². The van der Waals surface area contributed by atoms with Crippen LogP contribution in [-0.4, -0.2) is 20.3 Å². The van der Waals surface area contributed by atoms with Crippen molar-refractivity contribution in [1.82, 2.24) is 5.32 Å². The van der Waals surface area contributed by atoms with Crippen LogP contribution < -0.4 is 5.32 Å². The van der Waals surface area contributed by atoms with E-state index in [1.54, 1.807) is 7.11 Å². The number of benzene rings is 1. The third-order valence-electron chi connectivity index (χ3n) is 3.43. The Bertz CT molecular complexity index is 299. The highest BCUT2D eigenvalue weighted by molar-refractivity contribution is 5.18. The molecule has 0 saturated heterocycles. The fraction of sp³-hybridized carbons (Fsp3) is 0.647. The molecule has 1 N–H and O–H groups in total. The van der Waals surface area contributed by atoms with Crippen LogP contribution in [0.4, 0.5) is 0 Å². The van der Waals surface area contributed by atoms with Crippen LogP contribution in [0.15, 0.2) is 30.3 Å². The lowest BCUT2D eigenvalue weighted by Gasteiger charge is -2.19. The number of hydrogen-bond donors (Lipinski definition) is 1. The molecule has 0 saturated carbocycles. The topological polar surface area (TPSA) is 21.3 Å². The van der Waals surface area contributed by atoms with E-state index >= 15 is 0 Å². The maximum atomic E-state index is 5.08. The van der Waals surface area contributed by atoms with Gasteiger partial charge in [0.1, 0.15) is 0 Å². The molecule has 0 aromatic heterocycles. The smallest absolute Gasteiger partial charge is 0.0462 e. The summed E-state index contributed by atoms with van der Waals surface area (Å²) < 4.78 is 5.08. The predicted octanol–water partition coefficient (Wildman–Crippen LogP) is 4.32. The molecule has 0 fully saturated rings. The summed E-state index contributed by atoms with van der Waals surface area (Å²) in [7, 11) is 1.78. The lowest BCUT2D eigenvalue weighted by molar-refractivity contribution is 0.191. The van der Waals surface area contributed by atoms with Gasteiger partial charge in [-0.3, -0.25) is 0 Å². The number of ether oxygens (including phenoxy) is 1. The number of hydrogen-bond acceptors (Lipinski definition) is 2. The molecule has 0 radical (unpaired) electrons. The van der Waals surface area contributed by atoms with Gasteiger partial charge in [-0.1, -0.05) is 56.5 Å². The number of methoxy groups -OCH3 is 1. The van der Waals surface area contributed by atoms with Crippen molar-refractivity contribution in [2.45, 2.75) is 51.5 Å². The first-order valence-corrected chi connectivity index (χ1v) is 7.65. The zero-order valence-electron chi connectivity index (χ0n) is 12.5. The van der Waals surface area contributed by atoms with Gasteiger partial charge in [-0.05, 0) is 31.4 Å². The Balaban J connectivity index is 2.30. The van der Waals surface area contributed by atoms with Crippen LogP contribution >= 0.6 is 0 Å². The van der Waals surface area contributed by atoms with Crippen LogP contribution in [0.25, 0.3) is 0 Å². The van der Waals surface area contributed by atoms with Gasteiger partial charge in [-0.25, -0.2) is 0 Å². The number of nitrogens with one attached hydrogen (secondary N) is 1. The van der Waals surface area contributed by atoms with Crippen molar-refractivity contribution in [3.8, 4) is 0 Å². The van der Waals surface area contributed by atoms with Crippen LogP contribution in [0.2, 0.25) is 0 Å². The van der Waals surface area contributed by atoms with Crippen LogP contribution in [0, 0.1) is 0 Å². The minimum absolute atomic E-state index is 0.517. The highest BCUT2D eigenvalue weighted by atomic mass is 16.5. The monoisotopic (exact) mass is 263 g/mol. The fourth-order valence-corrected chi connectivity index (χ4v) is 2.34. The SMILES string of the molecule is CCCNC(CCCCCCOC)c1ccccc1. The summed E-state index contributed by atoms with van der Waals surface area (Å²) in [6.45, 7) is 4.22. The second-order valence-electron chi connectivity index (χ2n) is 5.11. The van der Waals surface area contributed by atoms with E-state index < -0.39 is 0 Å². The van der Waals surface area contributed by atoms with Crippen LogP contribution in [0.3, 0.4) is 0 Å². The van der Waals surface area contributed by atoms with E-state index in [1.807, 2.05) is 0 Å². The second kappa shape index (κ2) is 11.0. The third-order valence-corrected chi connectivity index (χ3v) is 3.43. The quantitative estimate of drug-likeness (QED) is 0.600. The average Bonchev–Trinajstić information content (AvgIpc) is 2.46. The van der Waals surface area contributed by atoms with Crippen molar-refractivity contribution in [2.24, 2.45) is 0 Å². The minimum atomic E-state index is 0.517. The van der Waals surface area contributed by atoms with E-state index in [2.05, 4.69) is 42.6 Å². The van der Waals surface area contributed by atoms with Gasteiger partial charge in [0.2, 0.25) is 0 Å². The van der Waals surface area contributed by atoms with Gasteiger partial charge in [-0.2, -0.15) is 0 Å². The zero-order chi connectivity index (χ0) is 13.8. The largest absolute Gasteiger partial charge is 0.385 e. The molecule has 2 nitrogen and oxygen atoms in total. The van der Waals surface area contributed by atoms with Crippen LogP contribution in [0.5, 0.6) is 0 Å². The van der Waals surface area contributed by atoms with E-state index in [1.165, 1.54) is 44.1 Å². The number of unbranched alkanes of at least 4 members (excludes halogenated alkanes) is 3. The van der Waals surface area contributed by atoms with Gasteiger partial charge < -0.3 is 10.1 Å². The molecule has 0 spiro atoms. The first kappa shape index (κ1) is 16.2. The molecule has 1 atom stereocenters. The average molecular weight is 263 g/mol. The summed E-state index contributed by atoms with van der Waals surface area (Å²) in [5, 5.41) is 3.66. The van der Waals surface area contributed by atoms with E-state index in [9.17, 15) is 0 Å². The maximum Gasteiger partial charge on any atom is 0.0462 e. The third kappa shape index (κ3) is 7.34. The molecule has 1 aromatic carbocycles.